The molecule has 0 spiro atoms. The van der Waals surface area contributed by atoms with E-state index in [0.717, 1.165) is 15.6 Å². The normalized spacial score (nSPS) is 10.2. The second kappa shape index (κ2) is 7.21. The Bertz CT molecular complexity index is 647. The van der Waals surface area contributed by atoms with Crippen molar-refractivity contribution in [2.45, 2.75) is 13.2 Å². The van der Waals surface area contributed by atoms with Crippen LogP contribution in [0.15, 0.2) is 46.9 Å². The maximum atomic E-state index is 11.4. The van der Waals surface area contributed by atoms with E-state index in [1.165, 1.54) is 0 Å². The third-order valence-corrected chi connectivity index (χ3v) is 3.66. The number of carbonyl (C=O) groups excluding carboxylic acids is 1. The topological polar surface area (TPSA) is 84.6 Å². The second-order valence-corrected chi connectivity index (χ2v) is 5.23. The Hall–Kier alpha value is -1.89. The van der Waals surface area contributed by atoms with Gasteiger partial charge >= 0.3 is 0 Å². The van der Waals surface area contributed by atoms with Crippen molar-refractivity contribution < 1.29 is 14.6 Å². The first-order valence-corrected chi connectivity index (χ1v) is 7.05. The number of nitrogens with one attached hydrogen (secondary N) is 1. The lowest BCUT2D eigenvalue weighted by Crippen LogP contribution is -2.29. The molecule has 0 aromatic heterocycles. The third-order valence-electron chi connectivity index (χ3n) is 2.92. The number of rotatable bonds is 5. The smallest absolute Gasteiger partial charge is 0.265 e. The zero-order valence-corrected chi connectivity index (χ0v) is 12.8. The van der Waals surface area contributed by atoms with Gasteiger partial charge in [0, 0.05) is 15.6 Å². The number of carbonyl (C=O) groups is 1. The monoisotopic (exact) mass is 350 g/mol. The number of amides is 1. The number of hydrogen-bond donors (Lipinski definition) is 3. The number of halogens is 1. The molecule has 6 heteroatoms. The van der Waals surface area contributed by atoms with Gasteiger partial charge in [0.15, 0.2) is 0 Å². The van der Waals surface area contributed by atoms with Gasteiger partial charge in [-0.3, -0.25) is 10.2 Å². The standard InChI is InChI=1S/C15H15BrN2O3/c16-14-7-11(15(20)18-17)4-5-12(14)9-21-13-3-1-2-10(6-13)8-19/h1-7,19H,8-9,17H2,(H,18,20). The largest absolute Gasteiger partial charge is 0.489 e. The minimum Gasteiger partial charge on any atom is -0.489 e. The van der Waals surface area contributed by atoms with Crippen LogP contribution < -0.4 is 16.0 Å². The summed E-state index contributed by atoms with van der Waals surface area (Å²) in [5.41, 5.74) is 4.25. The molecule has 0 saturated carbocycles. The van der Waals surface area contributed by atoms with Gasteiger partial charge < -0.3 is 9.84 Å². The Morgan fingerprint density at radius 1 is 1.29 bits per heavy atom. The van der Waals surface area contributed by atoms with Crippen LogP contribution in [-0.4, -0.2) is 11.0 Å². The predicted molar refractivity (Wildman–Crippen MR) is 82.5 cm³/mol. The summed E-state index contributed by atoms with van der Waals surface area (Å²) in [6, 6.07) is 12.4. The molecule has 2 rings (SSSR count). The number of benzene rings is 2. The molecule has 5 nitrogen and oxygen atoms in total. The molecule has 0 atom stereocenters. The van der Waals surface area contributed by atoms with Crippen LogP contribution in [0.1, 0.15) is 21.5 Å². The van der Waals surface area contributed by atoms with E-state index in [0.29, 0.717) is 17.9 Å². The van der Waals surface area contributed by atoms with Crippen molar-refractivity contribution in [2.75, 3.05) is 0 Å². The predicted octanol–water partition coefficient (Wildman–Crippen LogP) is 2.12. The molecular formula is C15H15BrN2O3. The highest BCUT2D eigenvalue weighted by Crippen LogP contribution is 2.21. The maximum Gasteiger partial charge on any atom is 0.265 e. The molecule has 21 heavy (non-hydrogen) atoms. The highest BCUT2D eigenvalue weighted by Gasteiger charge is 2.08. The van der Waals surface area contributed by atoms with Crippen LogP contribution in [0.4, 0.5) is 0 Å². The zero-order valence-electron chi connectivity index (χ0n) is 11.2. The molecule has 0 radical (unpaired) electrons. The third kappa shape index (κ3) is 4.04. The molecule has 0 aliphatic heterocycles. The van der Waals surface area contributed by atoms with Gasteiger partial charge in [-0.15, -0.1) is 0 Å². The summed E-state index contributed by atoms with van der Waals surface area (Å²) in [7, 11) is 0. The zero-order chi connectivity index (χ0) is 15.2. The fourth-order valence-corrected chi connectivity index (χ4v) is 2.28. The van der Waals surface area contributed by atoms with Gasteiger partial charge in [0.2, 0.25) is 0 Å². The summed E-state index contributed by atoms with van der Waals surface area (Å²) in [6.07, 6.45) is 0. The van der Waals surface area contributed by atoms with Crippen molar-refractivity contribution in [3.8, 4) is 5.75 Å². The van der Waals surface area contributed by atoms with Crippen molar-refractivity contribution >= 4 is 21.8 Å². The van der Waals surface area contributed by atoms with E-state index >= 15 is 0 Å². The number of nitrogens with two attached hydrogens (primary N) is 1. The van der Waals surface area contributed by atoms with Crippen LogP contribution in [0, 0.1) is 0 Å². The molecule has 0 bridgehead atoms. The fraction of sp³-hybridized carbons (Fsp3) is 0.133. The Balaban J connectivity index is 2.07. The number of nitrogen functional groups attached to an aromatic ring is 1. The minimum atomic E-state index is -0.348. The van der Waals surface area contributed by atoms with E-state index in [1.807, 2.05) is 18.2 Å². The van der Waals surface area contributed by atoms with Crippen molar-refractivity contribution in [3.05, 3.63) is 63.6 Å². The number of hydrazine groups is 1. The lowest BCUT2D eigenvalue weighted by Gasteiger charge is -2.10. The lowest BCUT2D eigenvalue weighted by atomic mass is 10.1. The van der Waals surface area contributed by atoms with Crippen molar-refractivity contribution in [1.29, 1.82) is 0 Å². The maximum absolute atomic E-state index is 11.4. The summed E-state index contributed by atoms with van der Waals surface area (Å²) in [5, 5.41) is 9.09. The number of ether oxygens (including phenoxy) is 1. The van der Waals surface area contributed by atoms with Gasteiger partial charge in [-0.1, -0.05) is 34.1 Å². The molecule has 0 saturated heterocycles. The molecule has 2 aromatic rings. The van der Waals surface area contributed by atoms with E-state index in [4.69, 9.17) is 15.7 Å². The first kappa shape index (κ1) is 15.5. The van der Waals surface area contributed by atoms with Gasteiger partial charge in [-0.05, 0) is 29.8 Å². The lowest BCUT2D eigenvalue weighted by molar-refractivity contribution is 0.0953. The molecule has 2 aromatic carbocycles. The fourth-order valence-electron chi connectivity index (χ4n) is 1.78. The van der Waals surface area contributed by atoms with E-state index in [-0.39, 0.29) is 12.5 Å². The van der Waals surface area contributed by atoms with E-state index in [2.05, 4.69) is 21.4 Å². The van der Waals surface area contributed by atoms with Crippen LogP contribution in [0.2, 0.25) is 0 Å². The molecule has 1 amide bonds. The van der Waals surface area contributed by atoms with Gasteiger partial charge in [0.25, 0.3) is 5.91 Å². The molecule has 110 valence electrons. The molecule has 0 fully saturated rings. The first-order valence-electron chi connectivity index (χ1n) is 6.26. The van der Waals surface area contributed by atoms with E-state index in [9.17, 15) is 4.79 Å². The Kier molecular flexibility index (Phi) is 5.32. The van der Waals surface area contributed by atoms with Crippen LogP contribution in [-0.2, 0) is 13.2 Å². The average molecular weight is 351 g/mol. The SMILES string of the molecule is NNC(=O)c1ccc(COc2cccc(CO)c2)c(Br)c1. The van der Waals surface area contributed by atoms with Gasteiger partial charge in [0.05, 0.1) is 6.61 Å². The Morgan fingerprint density at radius 3 is 2.76 bits per heavy atom. The Labute approximate surface area is 130 Å². The molecule has 4 N–H and O–H groups in total. The van der Waals surface area contributed by atoms with Gasteiger partial charge in [-0.25, -0.2) is 5.84 Å². The Morgan fingerprint density at radius 2 is 2.10 bits per heavy atom. The van der Waals surface area contributed by atoms with Crippen LogP contribution in [0.3, 0.4) is 0 Å². The second-order valence-electron chi connectivity index (χ2n) is 4.37. The van der Waals surface area contributed by atoms with E-state index in [1.54, 1.807) is 24.3 Å². The number of hydrogen-bond acceptors (Lipinski definition) is 4. The van der Waals surface area contributed by atoms with Crippen molar-refractivity contribution in [3.63, 3.8) is 0 Å². The van der Waals surface area contributed by atoms with Crippen LogP contribution in [0.25, 0.3) is 0 Å². The number of aliphatic hydroxyl groups excluding tert-OH is 1. The summed E-state index contributed by atoms with van der Waals surface area (Å²) in [4.78, 5) is 11.4. The summed E-state index contributed by atoms with van der Waals surface area (Å²) < 4.78 is 6.44. The van der Waals surface area contributed by atoms with E-state index < -0.39 is 0 Å². The first-order chi connectivity index (χ1) is 10.1. The highest BCUT2D eigenvalue weighted by atomic mass is 79.9. The van der Waals surface area contributed by atoms with Crippen molar-refractivity contribution in [2.24, 2.45) is 5.84 Å². The van der Waals surface area contributed by atoms with Gasteiger partial charge in [0.1, 0.15) is 12.4 Å². The molecule has 0 unspecified atom stereocenters. The van der Waals surface area contributed by atoms with Crippen molar-refractivity contribution in [1.82, 2.24) is 5.43 Å². The van der Waals surface area contributed by atoms with Crippen LogP contribution >= 0.6 is 15.9 Å². The molecule has 0 heterocycles. The molecular weight excluding hydrogens is 336 g/mol. The average Bonchev–Trinajstić information content (AvgIpc) is 2.53. The summed E-state index contributed by atoms with van der Waals surface area (Å²) in [5.74, 6) is 5.42. The number of aliphatic hydroxyl groups is 1. The molecule has 0 aliphatic carbocycles. The van der Waals surface area contributed by atoms with Crippen LogP contribution in [0.5, 0.6) is 5.75 Å². The van der Waals surface area contributed by atoms with Gasteiger partial charge in [-0.2, -0.15) is 0 Å². The quantitative estimate of drug-likeness (QED) is 0.438. The molecule has 0 aliphatic rings. The summed E-state index contributed by atoms with van der Waals surface area (Å²) >= 11 is 3.41. The summed E-state index contributed by atoms with van der Waals surface area (Å²) in [6.45, 7) is 0.323. The minimum absolute atomic E-state index is 0.0240. The highest BCUT2D eigenvalue weighted by molar-refractivity contribution is 9.10.